The summed E-state index contributed by atoms with van der Waals surface area (Å²) in [7, 11) is 1.23. The Bertz CT molecular complexity index is 215. The van der Waals surface area contributed by atoms with Crippen molar-refractivity contribution in [1.29, 1.82) is 0 Å². The number of hydrogen-bond acceptors (Lipinski definition) is 3. The van der Waals surface area contributed by atoms with Crippen LogP contribution in [0.15, 0.2) is 0 Å². The van der Waals surface area contributed by atoms with Gasteiger partial charge in [0.2, 0.25) is 0 Å². The number of nitrogens with zero attached hydrogens (tertiary/aromatic N) is 1. The molecule has 1 amide bonds. The van der Waals surface area contributed by atoms with Crippen LogP contribution in [0, 0.1) is 0 Å². The Morgan fingerprint density at radius 1 is 1.38 bits per heavy atom. The zero-order valence-corrected chi connectivity index (χ0v) is 8.08. The van der Waals surface area contributed by atoms with Gasteiger partial charge in [-0.2, -0.15) is 0 Å². The third kappa shape index (κ3) is 2.20. The van der Waals surface area contributed by atoms with E-state index in [0.717, 1.165) is 19.3 Å². The number of ether oxygens (including phenoxy) is 1. The predicted molar refractivity (Wildman–Crippen MR) is 47.0 cm³/mol. The first-order valence-corrected chi connectivity index (χ1v) is 4.55. The Kier molecular flexibility index (Phi) is 3.28. The van der Waals surface area contributed by atoms with Crippen molar-refractivity contribution in [3.8, 4) is 0 Å². The molecule has 1 unspecified atom stereocenters. The molecule has 0 aromatic rings. The van der Waals surface area contributed by atoms with E-state index >= 15 is 0 Å². The minimum atomic E-state index is -0.756. The topological polar surface area (TPSA) is 46.6 Å². The monoisotopic (exact) mass is 185 g/mol. The molecule has 1 heterocycles. The van der Waals surface area contributed by atoms with E-state index in [0.29, 0.717) is 6.54 Å². The standard InChI is InChI=1S/C9H15NO3/c1-7-5-3-4-6-10(7)8(11)9(12)13-2/h7H,3-6H2,1-2H3. The van der Waals surface area contributed by atoms with Crippen molar-refractivity contribution >= 4 is 11.9 Å². The Morgan fingerprint density at radius 2 is 2.08 bits per heavy atom. The lowest BCUT2D eigenvalue weighted by molar-refractivity contribution is -0.159. The van der Waals surface area contributed by atoms with Crippen molar-refractivity contribution in [3.05, 3.63) is 0 Å². The van der Waals surface area contributed by atoms with Crippen LogP contribution in [0.1, 0.15) is 26.2 Å². The summed E-state index contributed by atoms with van der Waals surface area (Å²) < 4.78 is 4.38. The first-order chi connectivity index (χ1) is 6.16. The van der Waals surface area contributed by atoms with E-state index in [-0.39, 0.29) is 6.04 Å². The molecule has 4 heteroatoms. The Morgan fingerprint density at radius 3 is 2.62 bits per heavy atom. The third-order valence-electron chi connectivity index (χ3n) is 2.42. The predicted octanol–water partition coefficient (Wildman–Crippen LogP) is 0.560. The Hall–Kier alpha value is -1.06. The van der Waals surface area contributed by atoms with Crippen molar-refractivity contribution in [2.24, 2.45) is 0 Å². The van der Waals surface area contributed by atoms with Gasteiger partial charge in [0.15, 0.2) is 0 Å². The second kappa shape index (κ2) is 4.25. The van der Waals surface area contributed by atoms with Crippen LogP contribution in [0.2, 0.25) is 0 Å². The number of carbonyl (C=O) groups is 2. The fraction of sp³-hybridized carbons (Fsp3) is 0.778. The second-order valence-corrected chi connectivity index (χ2v) is 3.33. The minimum Gasteiger partial charge on any atom is -0.462 e. The molecule has 0 radical (unpaired) electrons. The molecular formula is C9H15NO3. The SMILES string of the molecule is COC(=O)C(=O)N1CCCCC1C. The van der Waals surface area contributed by atoms with Gasteiger partial charge in [-0.1, -0.05) is 0 Å². The first-order valence-electron chi connectivity index (χ1n) is 4.55. The molecule has 0 aromatic heterocycles. The van der Waals surface area contributed by atoms with E-state index in [1.165, 1.54) is 7.11 Å². The number of amides is 1. The molecule has 1 saturated heterocycles. The molecule has 0 N–H and O–H groups in total. The number of methoxy groups -OCH3 is 1. The van der Waals surface area contributed by atoms with Crippen LogP contribution >= 0.6 is 0 Å². The van der Waals surface area contributed by atoms with Crippen molar-refractivity contribution in [2.45, 2.75) is 32.2 Å². The quantitative estimate of drug-likeness (QED) is 0.409. The van der Waals surface area contributed by atoms with Gasteiger partial charge in [0.1, 0.15) is 0 Å². The highest BCUT2D eigenvalue weighted by atomic mass is 16.5. The van der Waals surface area contributed by atoms with Gasteiger partial charge < -0.3 is 9.64 Å². The van der Waals surface area contributed by atoms with E-state index in [1.54, 1.807) is 4.90 Å². The summed E-state index contributed by atoms with van der Waals surface area (Å²) in [4.78, 5) is 23.9. The Labute approximate surface area is 77.8 Å². The van der Waals surface area contributed by atoms with Crippen molar-refractivity contribution in [3.63, 3.8) is 0 Å². The van der Waals surface area contributed by atoms with Gasteiger partial charge in [-0.15, -0.1) is 0 Å². The van der Waals surface area contributed by atoms with Gasteiger partial charge in [0, 0.05) is 12.6 Å². The third-order valence-corrected chi connectivity index (χ3v) is 2.42. The lowest BCUT2D eigenvalue weighted by Crippen LogP contribution is -2.45. The minimum absolute atomic E-state index is 0.167. The summed E-state index contributed by atoms with van der Waals surface area (Å²) in [6.45, 7) is 2.63. The molecule has 1 aliphatic rings. The van der Waals surface area contributed by atoms with Gasteiger partial charge >= 0.3 is 11.9 Å². The molecule has 0 bridgehead atoms. The van der Waals surface area contributed by atoms with Crippen LogP contribution in [0.4, 0.5) is 0 Å². The molecular weight excluding hydrogens is 170 g/mol. The largest absolute Gasteiger partial charge is 0.462 e. The molecule has 13 heavy (non-hydrogen) atoms. The molecule has 1 aliphatic heterocycles. The van der Waals surface area contributed by atoms with E-state index in [4.69, 9.17) is 0 Å². The maximum atomic E-state index is 11.4. The van der Waals surface area contributed by atoms with Crippen LogP contribution in [0.3, 0.4) is 0 Å². The maximum absolute atomic E-state index is 11.4. The number of esters is 1. The highest BCUT2D eigenvalue weighted by Gasteiger charge is 2.28. The van der Waals surface area contributed by atoms with Crippen molar-refractivity contribution in [2.75, 3.05) is 13.7 Å². The molecule has 0 saturated carbocycles. The molecule has 0 aliphatic carbocycles. The molecule has 1 fully saturated rings. The van der Waals surface area contributed by atoms with Gasteiger partial charge in [-0.05, 0) is 26.2 Å². The van der Waals surface area contributed by atoms with E-state index in [2.05, 4.69) is 4.74 Å². The smallest absolute Gasteiger partial charge is 0.396 e. The van der Waals surface area contributed by atoms with Crippen molar-refractivity contribution in [1.82, 2.24) is 4.90 Å². The van der Waals surface area contributed by atoms with E-state index in [1.807, 2.05) is 6.92 Å². The van der Waals surface area contributed by atoms with Crippen molar-refractivity contribution < 1.29 is 14.3 Å². The first kappa shape index (κ1) is 10.0. The highest BCUT2D eigenvalue weighted by Crippen LogP contribution is 2.16. The van der Waals surface area contributed by atoms with Gasteiger partial charge in [0.05, 0.1) is 7.11 Å². The fourth-order valence-corrected chi connectivity index (χ4v) is 1.60. The number of piperidine rings is 1. The molecule has 0 aromatic carbocycles. The zero-order valence-electron chi connectivity index (χ0n) is 8.08. The van der Waals surface area contributed by atoms with Crippen LogP contribution in [0.25, 0.3) is 0 Å². The summed E-state index contributed by atoms with van der Waals surface area (Å²) in [5, 5.41) is 0. The average molecular weight is 185 g/mol. The fourth-order valence-electron chi connectivity index (χ4n) is 1.60. The summed E-state index contributed by atoms with van der Waals surface area (Å²) in [5.41, 5.74) is 0. The van der Waals surface area contributed by atoms with E-state index in [9.17, 15) is 9.59 Å². The maximum Gasteiger partial charge on any atom is 0.396 e. The normalized spacial score (nSPS) is 22.6. The molecule has 0 spiro atoms. The average Bonchev–Trinajstić information content (AvgIpc) is 2.16. The molecule has 74 valence electrons. The van der Waals surface area contributed by atoms with E-state index < -0.39 is 11.9 Å². The van der Waals surface area contributed by atoms with Crippen LogP contribution in [-0.2, 0) is 14.3 Å². The van der Waals surface area contributed by atoms with Crippen LogP contribution in [0.5, 0.6) is 0 Å². The van der Waals surface area contributed by atoms with Gasteiger partial charge in [0.25, 0.3) is 0 Å². The zero-order chi connectivity index (χ0) is 9.84. The van der Waals surface area contributed by atoms with Gasteiger partial charge in [-0.25, -0.2) is 4.79 Å². The lowest BCUT2D eigenvalue weighted by Gasteiger charge is -2.32. The van der Waals surface area contributed by atoms with Crippen LogP contribution < -0.4 is 0 Å². The molecule has 4 nitrogen and oxygen atoms in total. The summed E-state index contributed by atoms with van der Waals surface area (Å²) in [5.74, 6) is -1.26. The number of likely N-dealkylation sites (tertiary alicyclic amines) is 1. The Balaban J connectivity index is 2.58. The summed E-state index contributed by atoms with van der Waals surface area (Å²) in [6, 6.07) is 0.167. The summed E-state index contributed by atoms with van der Waals surface area (Å²) >= 11 is 0. The molecule has 1 rings (SSSR count). The highest BCUT2D eigenvalue weighted by molar-refractivity contribution is 6.32. The summed E-state index contributed by atoms with van der Waals surface area (Å²) in [6.07, 6.45) is 3.09. The number of rotatable bonds is 0. The number of carbonyl (C=O) groups excluding carboxylic acids is 2. The van der Waals surface area contributed by atoms with Gasteiger partial charge in [-0.3, -0.25) is 4.79 Å². The molecule has 1 atom stereocenters. The van der Waals surface area contributed by atoms with Crippen LogP contribution in [-0.4, -0.2) is 36.5 Å². The number of hydrogen-bond donors (Lipinski definition) is 0. The lowest BCUT2D eigenvalue weighted by atomic mass is 10.0. The second-order valence-electron chi connectivity index (χ2n) is 3.33.